The lowest BCUT2D eigenvalue weighted by molar-refractivity contribution is -0.142. The maximum Gasteiger partial charge on any atom is 0.332 e. The Morgan fingerprint density at radius 1 is 1.06 bits per heavy atom. The molecule has 2 heterocycles. The number of ketones is 1. The smallest absolute Gasteiger partial charge is 0.332 e. The van der Waals surface area contributed by atoms with Crippen LogP contribution in [0.15, 0.2) is 50.1 Å². The number of Topliss-reactive ketones (excluding diaryl/α,β-unsaturated/α-hetero) is 1. The molecule has 10 nitrogen and oxygen atoms in total. The number of anilines is 1. The van der Waals surface area contributed by atoms with E-state index < -0.39 is 35.2 Å². The average Bonchev–Trinajstić information content (AvgIpc) is 3.12. The van der Waals surface area contributed by atoms with Gasteiger partial charge in [0.15, 0.2) is 6.61 Å². The third-order valence-electron chi connectivity index (χ3n) is 5.13. The first-order valence-corrected chi connectivity index (χ1v) is 11.1. The second-order valence-electron chi connectivity index (χ2n) is 7.29. The fourth-order valence-corrected chi connectivity index (χ4v) is 4.10. The minimum Gasteiger partial charge on any atom is -0.457 e. The molecular weight excluding hydrogens is 448 g/mol. The number of carbonyl (C=O) groups excluding carboxylic acids is 2. The first-order valence-electron chi connectivity index (χ1n) is 10.2. The Labute approximate surface area is 192 Å². The normalized spacial score (nSPS) is 10.8. The van der Waals surface area contributed by atoms with E-state index in [0.29, 0.717) is 0 Å². The topological polar surface area (TPSA) is 135 Å². The van der Waals surface area contributed by atoms with E-state index in [-0.39, 0.29) is 36.7 Å². The number of benzene rings is 1. The van der Waals surface area contributed by atoms with Crippen LogP contribution in [0.3, 0.4) is 0 Å². The summed E-state index contributed by atoms with van der Waals surface area (Å²) in [6.07, 6.45) is -0.118. The fourth-order valence-electron chi connectivity index (χ4n) is 3.34. The van der Waals surface area contributed by atoms with Crippen LogP contribution in [0.5, 0.6) is 0 Å². The molecule has 0 bridgehead atoms. The summed E-state index contributed by atoms with van der Waals surface area (Å²) in [6, 6.07) is 8.99. The van der Waals surface area contributed by atoms with Gasteiger partial charge in [0.1, 0.15) is 11.4 Å². The molecule has 0 atom stereocenters. The Morgan fingerprint density at radius 3 is 2.36 bits per heavy atom. The predicted molar refractivity (Wildman–Crippen MR) is 124 cm³/mol. The SMILES string of the molecule is CCn1c(=O)c(C(=O)COC(=O)CCn2c(C)csc2=O)c(N)n(Cc2ccccc2)c1=O. The van der Waals surface area contributed by atoms with E-state index >= 15 is 0 Å². The molecule has 0 aliphatic carbocycles. The lowest BCUT2D eigenvalue weighted by Crippen LogP contribution is -2.44. The maximum atomic E-state index is 12.8. The molecule has 0 radical (unpaired) electrons. The van der Waals surface area contributed by atoms with Crippen LogP contribution in [0.2, 0.25) is 0 Å². The van der Waals surface area contributed by atoms with Crippen LogP contribution in [0.25, 0.3) is 0 Å². The number of rotatable bonds is 9. The molecule has 3 aromatic rings. The molecule has 0 spiro atoms. The van der Waals surface area contributed by atoms with Crippen LogP contribution in [-0.4, -0.2) is 32.1 Å². The number of carbonyl (C=O) groups is 2. The molecule has 0 aliphatic heterocycles. The highest BCUT2D eigenvalue weighted by molar-refractivity contribution is 7.07. The maximum absolute atomic E-state index is 12.8. The summed E-state index contributed by atoms with van der Waals surface area (Å²) >= 11 is 1.03. The van der Waals surface area contributed by atoms with Gasteiger partial charge in [0.05, 0.1) is 13.0 Å². The molecule has 11 heteroatoms. The summed E-state index contributed by atoms with van der Waals surface area (Å²) in [4.78, 5) is 61.9. The van der Waals surface area contributed by atoms with Gasteiger partial charge in [-0.1, -0.05) is 41.7 Å². The molecule has 0 fully saturated rings. The van der Waals surface area contributed by atoms with Crippen molar-refractivity contribution in [3.63, 3.8) is 0 Å². The number of esters is 1. The molecule has 2 aromatic heterocycles. The second kappa shape index (κ2) is 10.3. The zero-order valence-electron chi connectivity index (χ0n) is 18.3. The van der Waals surface area contributed by atoms with Crippen LogP contribution in [0, 0.1) is 6.92 Å². The molecule has 2 N–H and O–H groups in total. The Hall–Kier alpha value is -3.73. The molecule has 0 aliphatic rings. The minimum absolute atomic E-state index is 0.0432. The van der Waals surface area contributed by atoms with Crippen LogP contribution < -0.4 is 21.9 Å². The van der Waals surface area contributed by atoms with Crippen molar-refractivity contribution < 1.29 is 14.3 Å². The quantitative estimate of drug-likeness (QED) is 0.363. The van der Waals surface area contributed by atoms with Gasteiger partial charge in [0.25, 0.3) is 5.56 Å². The van der Waals surface area contributed by atoms with Gasteiger partial charge in [-0.05, 0) is 19.4 Å². The van der Waals surface area contributed by atoms with Gasteiger partial charge < -0.3 is 15.0 Å². The van der Waals surface area contributed by atoms with Crippen LogP contribution in [-0.2, 0) is 29.2 Å². The first kappa shape index (κ1) is 23.9. The number of aryl methyl sites for hydroxylation is 1. The van der Waals surface area contributed by atoms with Gasteiger partial charge in [0, 0.05) is 24.2 Å². The Bertz CT molecular complexity index is 1350. The first-order chi connectivity index (χ1) is 15.7. The third kappa shape index (κ3) is 5.20. The summed E-state index contributed by atoms with van der Waals surface area (Å²) in [5, 5.41) is 1.68. The molecule has 0 amide bonds. The van der Waals surface area contributed by atoms with Crippen molar-refractivity contribution in [3.8, 4) is 0 Å². The number of nitrogen functional groups attached to an aromatic ring is 1. The second-order valence-corrected chi connectivity index (χ2v) is 8.11. The lowest BCUT2D eigenvalue weighted by Gasteiger charge is -2.16. The number of hydrogen-bond donors (Lipinski definition) is 1. The zero-order chi connectivity index (χ0) is 24.1. The summed E-state index contributed by atoms with van der Waals surface area (Å²) in [6.45, 7) is 2.88. The summed E-state index contributed by atoms with van der Waals surface area (Å²) in [7, 11) is 0. The monoisotopic (exact) mass is 472 g/mol. The molecule has 1 aromatic carbocycles. The number of aromatic nitrogens is 3. The standard InChI is InChI=1S/C22H24N4O6S/c1-3-24-20(29)18(19(23)26(21(24)30)11-15-7-5-4-6-8-15)16(27)12-32-17(28)9-10-25-14(2)13-33-22(25)31/h4-8,13H,3,9-12,23H2,1-2H3. The van der Waals surface area contributed by atoms with Crippen molar-refractivity contribution in [2.24, 2.45) is 0 Å². The fraction of sp³-hybridized carbons (Fsp3) is 0.318. The van der Waals surface area contributed by atoms with E-state index in [1.807, 2.05) is 6.07 Å². The number of nitrogens with zero attached hydrogens (tertiary/aromatic N) is 3. The van der Waals surface area contributed by atoms with Crippen molar-refractivity contribution in [2.75, 3.05) is 12.3 Å². The average molecular weight is 473 g/mol. The van der Waals surface area contributed by atoms with E-state index in [0.717, 1.165) is 31.7 Å². The van der Waals surface area contributed by atoms with E-state index in [4.69, 9.17) is 10.5 Å². The van der Waals surface area contributed by atoms with E-state index in [1.54, 1.807) is 43.5 Å². The highest BCUT2D eigenvalue weighted by Gasteiger charge is 2.23. The van der Waals surface area contributed by atoms with Gasteiger partial charge in [-0.15, -0.1) is 0 Å². The minimum atomic E-state index is -0.828. The van der Waals surface area contributed by atoms with Gasteiger partial charge >= 0.3 is 16.5 Å². The van der Waals surface area contributed by atoms with E-state index in [1.165, 1.54) is 4.57 Å². The molecule has 174 valence electrons. The highest BCUT2D eigenvalue weighted by atomic mass is 32.1. The Balaban J connectivity index is 1.79. The molecule has 3 rings (SSSR count). The summed E-state index contributed by atoms with van der Waals surface area (Å²) < 4.78 is 8.52. The summed E-state index contributed by atoms with van der Waals surface area (Å²) in [5.74, 6) is -1.79. The predicted octanol–water partition coefficient (Wildman–Crippen LogP) is 1.01. The van der Waals surface area contributed by atoms with Crippen molar-refractivity contribution in [1.29, 1.82) is 0 Å². The number of ether oxygens (including phenoxy) is 1. The van der Waals surface area contributed by atoms with Gasteiger partial charge in [-0.2, -0.15) is 0 Å². The lowest BCUT2D eigenvalue weighted by atomic mass is 10.2. The largest absolute Gasteiger partial charge is 0.457 e. The third-order valence-corrected chi connectivity index (χ3v) is 6.01. The number of thiazole rings is 1. The van der Waals surface area contributed by atoms with E-state index in [9.17, 15) is 24.0 Å². The van der Waals surface area contributed by atoms with Gasteiger partial charge in [-0.25, -0.2) is 4.79 Å². The highest BCUT2D eigenvalue weighted by Crippen LogP contribution is 2.10. The zero-order valence-corrected chi connectivity index (χ0v) is 19.1. The van der Waals surface area contributed by atoms with Crippen molar-refractivity contribution in [3.05, 3.63) is 83.0 Å². The Morgan fingerprint density at radius 2 is 1.76 bits per heavy atom. The Kier molecular flexibility index (Phi) is 7.44. The van der Waals surface area contributed by atoms with Crippen LogP contribution >= 0.6 is 11.3 Å². The molecule has 33 heavy (non-hydrogen) atoms. The van der Waals surface area contributed by atoms with Gasteiger partial charge in [0.2, 0.25) is 5.78 Å². The summed E-state index contributed by atoms with van der Waals surface area (Å²) in [5.41, 5.74) is 5.70. The van der Waals surface area contributed by atoms with E-state index in [2.05, 4.69) is 0 Å². The van der Waals surface area contributed by atoms with Crippen molar-refractivity contribution in [1.82, 2.24) is 13.7 Å². The van der Waals surface area contributed by atoms with Crippen molar-refractivity contribution in [2.45, 2.75) is 39.9 Å². The molecule has 0 saturated carbocycles. The number of hydrogen-bond acceptors (Lipinski definition) is 8. The number of nitrogens with two attached hydrogens (primary N) is 1. The molecule has 0 saturated heterocycles. The van der Waals surface area contributed by atoms with Crippen LogP contribution in [0.4, 0.5) is 5.82 Å². The van der Waals surface area contributed by atoms with Gasteiger partial charge in [-0.3, -0.25) is 28.3 Å². The van der Waals surface area contributed by atoms with Crippen molar-refractivity contribution >= 4 is 28.9 Å². The molecule has 0 unspecified atom stereocenters. The van der Waals surface area contributed by atoms with Crippen LogP contribution in [0.1, 0.15) is 35.0 Å². The molecular formula is C22H24N4O6S.